The number of ether oxygens (including phenoxy) is 1. The second-order valence-electron chi connectivity index (χ2n) is 7.76. The first kappa shape index (κ1) is 19.4. The van der Waals surface area contributed by atoms with Gasteiger partial charge in [-0.2, -0.15) is 0 Å². The van der Waals surface area contributed by atoms with E-state index in [1.54, 1.807) is 12.1 Å². The summed E-state index contributed by atoms with van der Waals surface area (Å²) in [5.74, 6) is 2.25. The number of carbonyl (C=O) groups is 2. The molecule has 0 bridgehead atoms. The summed E-state index contributed by atoms with van der Waals surface area (Å²) in [6, 6.07) is 5.19. The Hall–Kier alpha value is -2.94. The van der Waals surface area contributed by atoms with Gasteiger partial charge in [-0.15, -0.1) is 10.2 Å². The fourth-order valence-corrected chi connectivity index (χ4v) is 3.70. The third kappa shape index (κ3) is 4.24. The standard InChI is InChI=1S/C20H26N6O3/c1-12(2)19(20-25-24-16-5-6-21-7-8-26(16)20)23-17(27)10-13-3-4-15-14(9-13)22-18(28)11-29-15/h3-4,9,12,19,21H,5-8,10-11H2,1-2H3,(H,22,28)(H,23,27)/t19-/m0/s1. The van der Waals surface area contributed by atoms with Gasteiger partial charge in [-0.1, -0.05) is 19.9 Å². The van der Waals surface area contributed by atoms with Crippen molar-refractivity contribution in [2.75, 3.05) is 25.0 Å². The Morgan fingerprint density at radius 2 is 2.17 bits per heavy atom. The molecule has 1 atom stereocenters. The molecule has 1 aromatic carbocycles. The second-order valence-corrected chi connectivity index (χ2v) is 7.76. The summed E-state index contributed by atoms with van der Waals surface area (Å²) in [4.78, 5) is 24.3. The number of benzene rings is 1. The van der Waals surface area contributed by atoms with Gasteiger partial charge >= 0.3 is 0 Å². The largest absolute Gasteiger partial charge is 0.482 e. The molecule has 29 heavy (non-hydrogen) atoms. The second kappa shape index (κ2) is 8.20. The highest BCUT2D eigenvalue weighted by atomic mass is 16.5. The quantitative estimate of drug-likeness (QED) is 0.688. The third-order valence-corrected chi connectivity index (χ3v) is 5.20. The number of fused-ring (bicyclic) bond motifs is 2. The first-order chi connectivity index (χ1) is 14.0. The lowest BCUT2D eigenvalue weighted by atomic mass is 10.0. The number of anilines is 1. The topological polar surface area (TPSA) is 110 Å². The number of nitrogens with zero attached hydrogens (tertiary/aromatic N) is 3. The number of hydrogen-bond donors (Lipinski definition) is 3. The van der Waals surface area contributed by atoms with E-state index in [0.29, 0.717) is 11.4 Å². The van der Waals surface area contributed by atoms with Gasteiger partial charge in [0.1, 0.15) is 11.6 Å². The van der Waals surface area contributed by atoms with Crippen molar-refractivity contribution in [2.45, 2.75) is 39.3 Å². The van der Waals surface area contributed by atoms with Crippen LogP contribution in [0, 0.1) is 5.92 Å². The molecular formula is C20H26N6O3. The number of aromatic nitrogens is 3. The van der Waals surface area contributed by atoms with Gasteiger partial charge in [0.25, 0.3) is 5.91 Å². The molecule has 9 heteroatoms. The van der Waals surface area contributed by atoms with E-state index < -0.39 is 0 Å². The van der Waals surface area contributed by atoms with Gasteiger partial charge in [-0.3, -0.25) is 9.59 Å². The molecule has 0 radical (unpaired) electrons. The molecule has 9 nitrogen and oxygen atoms in total. The third-order valence-electron chi connectivity index (χ3n) is 5.20. The lowest BCUT2D eigenvalue weighted by Gasteiger charge is -2.23. The van der Waals surface area contributed by atoms with Crippen LogP contribution in [0.4, 0.5) is 5.69 Å². The van der Waals surface area contributed by atoms with E-state index in [9.17, 15) is 9.59 Å². The van der Waals surface area contributed by atoms with Crippen LogP contribution in [0.25, 0.3) is 0 Å². The van der Waals surface area contributed by atoms with E-state index in [4.69, 9.17) is 4.74 Å². The Labute approximate surface area is 169 Å². The van der Waals surface area contributed by atoms with Crippen molar-refractivity contribution >= 4 is 17.5 Å². The molecule has 0 spiro atoms. The van der Waals surface area contributed by atoms with Crippen LogP contribution in [-0.4, -0.2) is 46.3 Å². The van der Waals surface area contributed by atoms with Crippen LogP contribution >= 0.6 is 0 Å². The SMILES string of the molecule is CC(C)[C@H](NC(=O)Cc1ccc2c(c1)NC(=O)CO2)c1nnc2n1CCNCC2. The summed E-state index contributed by atoms with van der Waals surface area (Å²) in [5, 5.41) is 18.0. The van der Waals surface area contributed by atoms with Gasteiger partial charge in [0.05, 0.1) is 18.2 Å². The molecule has 0 aliphatic carbocycles. The summed E-state index contributed by atoms with van der Waals surface area (Å²) >= 11 is 0. The van der Waals surface area contributed by atoms with E-state index in [2.05, 4.69) is 44.6 Å². The van der Waals surface area contributed by atoms with E-state index in [0.717, 1.165) is 43.3 Å². The van der Waals surface area contributed by atoms with Crippen LogP contribution in [0.3, 0.4) is 0 Å². The molecule has 4 rings (SSSR count). The highest BCUT2D eigenvalue weighted by molar-refractivity contribution is 5.95. The van der Waals surface area contributed by atoms with Gasteiger partial charge < -0.3 is 25.3 Å². The van der Waals surface area contributed by atoms with Crippen LogP contribution in [-0.2, 0) is 29.0 Å². The highest BCUT2D eigenvalue weighted by Gasteiger charge is 2.26. The number of amides is 2. The fourth-order valence-electron chi connectivity index (χ4n) is 3.70. The number of hydrogen-bond acceptors (Lipinski definition) is 6. The summed E-state index contributed by atoms with van der Waals surface area (Å²) in [7, 11) is 0. The van der Waals surface area contributed by atoms with Crippen molar-refractivity contribution < 1.29 is 14.3 Å². The van der Waals surface area contributed by atoms with Gasteiger partial charge in [0.15, 0.2) is 12.4 Å². The maximum Gasteiger partial charge on any atom is 0.262 e. The summed E-state index contributed by atoms with van der Waals surface area (Å²) in [6.45, 7) is 6.68. The molecule has 3 N–H and O–H groups in total. The molecule has 2 aliphatic heterocycles. The van der Waals surface area contributed by atoms with Crippen LogP contribution in [0.15, 0.2) is 18.2 Å². The zero-order valence-electron chi connectivity index (χ0n) is 16.7. The molecule has 0 unspecified atom stereocenters. The predicted molar refractivity (Wildman–Crippen MR) is 107 cm³/mol. The van der Waals surface area contributed by atoms with Crippen molar-refractivity contribution in [3.05, 3.63) is 35.4 Å². The minimum atomic E-state index is -0.220. The molecule has 154 valence electrons. The van der Waals surface area contributed by atoms with E-state index in [1.165, 1.54) is 0 Å². The van der Waals surface area contributed by atoms with Crippen molar-refractivity contribution in [3.8, 4) is 5.75 Å². The average molecular weight is 398 g/mol. The van der Waals surface area contributed by atoms with Crippen LogP contribution < -0.4 is 20.7 Å². The molecule has 1 aromatic heterocycles. The summed E-state index contributed by atoms with van der Waals surface area (Å²) < 4.78 is 7.49. The van der Waals surface area contributed by atoms with Gasteiger partial charge in [-0.05, 0) is 23.6 Å². The Balaban J connectivity index is 1.48. The molecule has 0 saturated heterocycles. The first-order valence-corrected chi connectivity index (χ1v) is 9.99. The van der Waals surface area contributed by atoms with Gasteiger partial charge in [-0.25, -0.2) is 0 Å². The van der Waals surface area contributed by atoms with Crippen molar-refractivity contribution in [3.63, 3.8) is 0 Å². The number of carbonyl (C=O) groups excluding carboxylic acids is 2. The maximum atomic E-state index is 12.8. The van der Waals surface area contributed by atoms with E-state index in [-0.39, 0.29) is 36.8 Å². The van der Waals surface area contributed by atoms with E-state index >= 15 is 0 Å². The minimum absolute atomic E-state index is 0.0150. The molecule has 2 aliphatic rings. The molecule has 2 amide bonds. The molecule has 3 heterocycles. The minimum Gasteiger partial charge on any atom is -0.482 e. The maximum absolute atomic E-state index is 12.8. The molecule has 0 fully saturated rings. The first-order valence-electron chi connectivity index (χ1n) is 9.99. The van der Waals surface area contributed by atoms with Crippen LogP contribution in [0.1, 0.15) is 37.1 Å². The Kier molecular flexibility index (Phi) is 5.48. The van der Waals surface area contributed by atoms with Gasteiger partial charge in [0, 0.05) is 26.1 Å². The number of nitrogens with one attached hydrogen (secondary N) is 3. The fraction of sp³-hybridized carbons (Fsp3) is 0.500. The zero-order chi connectivity index (χ0) is 20.4. The molecule has 0 saturated carbocycles. The Morgan fingerprint density at radius 3 is 3.00 bits per heavy atom. The summed E-state index contributed by atoms with van der Waals surface area (Å²) in [6.07, 6.45) is 1.03. The van der Waals surface area contributed by atoms with Crippen molar-refractivity contribution in [1.82, 2.24) is 25.4 Å². The molecule has 2 aromatic rings. The van der Waals surface area contributed by atoms with Crippen LogP contribution in [0.5, 0.6) is 5.75 Å². The van der Waals surface area contributed by atoms with E-state index in [1.807, 2.05) is 6.07 Å². The smallest absolute Gasteiger partial charge is 0.262 e. The van der Waals surface area contributed by atoms with Crippen molar-refractivity contribution in [1.29, 1.82) is 0 Å². The lowest BCUT2D eigenvalue weighted by Crippen LogP contribution is -2.35. The van der Waals surface area contributed by atoms with Crippen LogP contribution in [0.2, 0.25) is 0 Å². The molecular weight excluding hydrogens is 372 g/mol. The lowest BCUT2D eigenvalue weighted by molar-refractivity contribution is -0.121. The number of rotatable bonds is 5. The Morgan fingerprint density at radius 1 is 1.31 bits per heavy atom. The van der Waals surface area contributed by atoms with Gasteiger partial charge in [0.2, 0.25) is 5.91 Å². The monoisotopic (exact) mass is 398 g/mol. The summed E-state index contributed by atoms with van der Waals surface area (Å²) in [5.41, 5.74) is 1.40. The normalized spacial score (nSPS) is 16.9. The van der Waals surface area contributed by atoms with Crippen molar-refractivity contribution in [2.24, 2.45) is 5.92 Å². The Bertz CT molecular complexity index is 923. The zero-order valence-corrected chi connectivity index (χ0v) is 16.7. The predicted octanol–water partition coefficient (Wildman–Crippen LogP) is 0.811. The average Bonchev–Trinajstić information content (AvgIpc) is 2.93. The highest BCUT2D eigenvalue weighted by Crippen LogP contribution is 2.29.